The van der Waals surface area contributed by atoms with E-state index >= 15 is 0 Å². The fourth-order valence-corrected chi connectivity index (χ4v) is 5.44. The first kappa shape index (κ1) is 18.9. The first-order valence-corrected chi connectivity index (χ1v) is 10.4. The zero-order valence-electron chi connectivity index (χ0n) is 13.4. The smallest absolute Gasteiger partial charge is 0.268 e. The maximum Gasteiger partial charge on any atom is 0.268 e. The van der Waals surface area contributed by atoms with Gasteiger partial charge in [0.1, 0.15) is 9.23 Å². The van der Waals surface area contributed by atoms with E-state index in [9.17, 15) is 13.2 Å². The Kier molecular flexibility index (Phi) is 5.38. The van der Waals surface area contributed by atoms with Crippen LogP contribution in [0.1, 0.15) is 21.6 Å². The summed E-state index contributed by atoms with van der Waals surface area (Å²) in [5.74, 6) is -0.778. The molecule has 1 N–H and O–H groups in total. The van der Waals surface area contributed by atoms with Crippen LogP contribution in [-0.2, 0) is 16.6 Å². The number of nitrogens with one attached hydrogen (secondary N) is 1. The SMILES string of the molecule is Cc1c(C(=O)NS(=O)(=O)c2cc(Cl)sc2Cl)cnn1Cc1ccccc1. The summed E-state index contributed by atoms with van der Waals surface area (Å²) < 4.78 is 28.6. The Bertz CT molecular complexity index is 1060. The van der Waals surface area contributed by atoms with Gasteiger partial charge in [0.2, 0.25) is 0 Å². The van der Waals surface area contributed by atoms with E-state index < -0.39 is 15.9 Å². The van der Waals surface area contributed by atoms with Crippen LogP contribution in [0.25, 0.3) is 0 Å². The lowest BCUT2D eigenvalue weighted by Crippen LogP contribution is -2.30. The molecule has 0 aliphatic heterocycles. The van der Waals surface area contributed by atoms with Crippen molar-refractivity contribution in [2.75, 3.05) is 0 Å². The van der Waals surface area contributed by atoms with Gasteiger partial charge in [-0.05, 0) is 18.6 Å². The van der Waals surface area contributed by atoms with Crippen LogP contribution in [0.5, 0.6) is 0 Å². The number of benzene rings is 1. The highest BCUT2D eigenvalue weighted by molar-refractivity contribution is 7.90. The lowest BCUT2D eigenvalue weighted by atomic mass is 10.2. The first-order valence-electron chi connectivity index (χ1n) is 7.36. The van der Waals surface area contributed by atoms with E-state index in [1.54, 1.807) is 11.6 Å². The number of halogens is 2. The van der Waals surface area contributed by atoms with Crippen LogP contribution in [0.2, 0.25) is 8.67 Å². The zero-order valence-corrected chi connectivity index (χ0v) is 16.6. The molecule has 0 atom stereocenters. The second-order valence-electron chi connectivity index (χ2n) is 5.41. The van der Waals surface area contributed by atoms with Crippen molar-refractivity contribution in [3.8, 4) is 0 Å². The highest BCUT2D eigenvalue weighted by Gasteiger charge is 2.25. The third-order valence-corrected chi connectivity index (χ3v) is 6.75. The number of carbonyl (C=O) groups is 1. The van der Waals surface area contributed by atoms with Crippen LogP contribution in [0.3, 0.4) is 0 Å². The Morgan fingerprint density at radius 3 is 2.58 bits per heavy atom. The zero-order chi connectivity index (χ0) is 18.9. The van der Waals surface area contributed by atoms with Gasteiger partial charge in [-0.25, -0.2) is 13.1 Å². The van der Waals surface area contributed by atoms with E-state index in [4.69, 9.17) is 23.2 Å². The summed E-state index contributed by atoms with van der Waals surface area (Å²) in [6.07, 6.45) is 1.34. The molecule has 136 valence electrons. The second-order valence-corrected chi connectivity index (χ2v) is 9.35. The third kappa shape index (κ3) is 3.93. The van der Waals surface area contributed by atoms with E-state index in [0.29, 0.717) is 12.2 Å². The van der Waals surface area contributed by atoms with E-state index in [0.717, 1.165) is 16.9 Å². The molecule has 1 amide bonds. The van der Waals surface area contributed by atoms with Gasteiger partial charge in [-0.1, -0.05) is 53.5 Å². The third-order valence-electron chi connectivity index (χ3n) is 3.66. The number of carbonyl (C=O) groups excluding carboxylic acids is 1. The Labute approximate surface area is 164 Å². The topological polar surface area (TPSA) is 81.1 Å². The fourth-order valence-electron chi connectivity index (χ4n) is 2.33. The average molecular weight is 430 g/mol. The molecule has 3 aromatic rings. The maximum atomic E-state index is 12.4. The molecule has 2 heterocycles. The van der Waals surface area contributed by atoms with Gasteiger partial charge in [0, 0.05) is 5.69 Å². The van der Waals surface area contributed by atoms with Crippen LogP contribution in [-0.4, -0.2) is 24.1 Å². The maximum absolute atomic E-state index is 12.4. The minimum Gasteiger partial charge on any atom is -0.268 e. The molecule has 0 saturated carbocycles. The summed E-state index contributed by atoms with van der Waals surface area (Å²) in [6.45, 7) is 2.17. The van der Waals surface area contributed by atoms with Gasteiger partial charge in [-0.2, -0.15) is 5.10 Å². The van der Waals surface area contributed by atoms with E-state index in [1.807, 2.05) is 35.1 Å². The molecule has 10 heteroatoms. The summed E-state index contributed by atoms with van der Waals surface area (Å²) in [7, 11) is -4.13. The van der Waals surface area contributed by atoms with Crippen LogP contribution in [0.4, 0.5) is 0 Å². The number of hydrogen-bond acceptors (Lipinski definition) is 5. The summed E-state index contributed by atoms with van der Waals surface area (Å²) in [5.41, 5.74) is 1.73. The summed E-state index contributed by atoms with van der Waals surface area (Å²) in [6, 6.07) is 10.8. The molecular formula is C16H13Cl2N3O3S2. The highest BCUT2D eigenvalue weighted by atomic mass is 35.5. The van der Waals surface area contributed by atoms with Crippen molar-refractivity contribution in [1.29, 1.82) is 0 Å². The van der Waals surface area contributed by atoms with Crippen molar-refractivity contribution >= 4 is 50.5 Å². The van der Waals surface area contributed by atoms with Crippen molar-refractivity contribution in [3.05, 3.63) is 68.1 Å². The molecule has 0 spiro atoms. The number of aromatic nitrogens is 2. The first-order chi connectivity index (χ1) is 12.3. The highest BCUT2D eigenvalue weighted by Crippen LogP contribution is 2.34. The minimum absolute atomic E-state index is 0.00760. The number of thiophene rings is 1. The number of sulfonamides is 1. The van der Waals surface area contributed by atoms with Crippen molar-refractivity contribution in [2.45, 2.75) is 18.4 Å². The summed E-state index contributed by atoms with van der Waals surface area (Å²) in [5, 5.41) is 4.17. The van der Waals surface area contributed by atoms with Crippen LogP contribution in [0, 0.1) is 6.92 Å². The van der Waals surface area contributed by atoms with Crippen LogP contribution < -0.4 is 4.72 Å². The van der Waals surface area contributed by atoms with E-state index in [-0.39, 0.29) is 19.1 Å². The largest absolute Gasteiger partial charge is 0.268 e. The monoisotopic (exact) mass is 429 g/mol. The fraction of sp³-hybridized carbons (Fsp3) is 0.125. The van der Waals surface area contributed by atoms with Gasteiger partial charge in [0.05, 0.1) is 22.6 Å². The predicted octanol–water partition coefficient (Wildman–Crippen LogP) is 3.73. The molecule has 6 nitrogen and oxygen atoms in total. The van der Waals surface area contributed by atoms with Gasteiger partial charge in [-0.3, -0.25) is 9.48 Å². The second kappa shape index (κ2) is 7.40. The Morgan fingerprint density at radius 2 is 1.96 bits per heavy atom. The normalized spacial score (nSPS) is 11.5. The van der Waals surface area contributed by atoms with Gasteiger partial charge in [0.25, 0.3) is 15.9 Å². The molecule has 0 aliphatic carbocycles. The van der Waals surface area contributed by atoms with Gasteiger partial charge < -0.3 is 0 Å². The van der Waals surface area contributed by atoms with Gasteiger partial charge in [0.15, 0.2) is 0 Å². The molecule has 1 aromatic carbocycles. The van der Waals surface area contributed by atoms with Crippen molar-refractivity contribution in [3.63, 3.8) is 0 Å². The molecule has 0 aliphatic rings. The molecule has 26 heavy (non-hydrogen) atoms. The number of amides is 1. The van der Waals surface area contributed by atoms with Crippen LogP contribution in [0.15, 0.2) is 47.5 Å². The number of nitrogens with zero attached hydrogens (tertiary/aromatic N) is 2. The minimum atomic E-state index is -4.13. The molecule has 0 fully saturated rings. The van der Waals surface area contributed by atoms with Crippen molar-refractivity contribution in [1.82, 2.24) is 14.5 Å². The van der Waals surface area contributed by atoms with E-state index in [2.05, 4.69) is 5.10 Å². The Morgan fingerprint density at radius 1 is 1.27 bits per heavy atom. The van der Waals surface area contributed by atoms with Crippen molar-refractivity contribution in [2.24, 2.45) is 0 Å². The van der Waals surface area contributed by atoms with Gasteiger partial charge >= 0.3 is 0 Å². The molecular weight excluding hydrogens is 417 g/mol. The Hall–Kier alpha value is -1.87. The molecule has 0 saturated heterocycles. The lowest BCUT2D eigenvalue weighted by molar-refractivity contribution is 0.0980. The van der Waals surface area contributed by atoms with E-state index in [1.165, 1.54) is 12.3 Å². The predicted molar refractivity (Wildman–Crippen MR) is 101 cm³/mol. The molecule has 2 aromatic heterocycles. The quantitative estimate of drug-likeness (QED) is 0.669. The molecule has 0 bridgehead atoms. The Balaban J connectivity index is 1.81. The summed E-state index contributed by atoms with van der Waals surface area (Å²) in [4.78, 5) is 12.2. The molecule has 3 rings (SSSR count). The number of rotatable bonds is 5. The average Bonchev–Trinajstić information content (AvgIpc) is 3.11. The summed E-state index contributed by atoms with van der Waals surface area (Å²) >= 11 is 12.6. The molecule has 0 radical (unpaired) electrons. The lowest BCUT2D eigenvalue weighted by Gasteiger charge is -2.07. The van der Waals surface area contributed by atoms with Gasteiger partial charge in [-0.15, -0.1) is 11.3 Å². The van der Waals surface area contributed by atoms with Crippen LogP contribution >= 0.6 is 34.5 Å². The van der Waals surface area contributed by atoms with Crippen molar-refractivity contribution < 1.29 is 13.2 Å². The molecule has 0 unspecified atom stereocenters. The number of hydrogen-bond donors (Lipinski definition) is 1. The standard InChI is InChI=1S/C16H13Cl2N3O3S2/c1-10-12(8-19-21(10)9-11-5-3-2-4-6-11)16(22)20-26(23,24)13-7-14(17)25-15(13)18/h2-8H,9H2,1H3,(H,20,22).